The van der Waals surface area contributed by atoms with Crippen molar-refractivity contribution in [1.29, 1.82) is 0 Å². The van der Waals surface area contributed by atoms with Crippen molar-refractivity contribution in [2.75, 3.05) is 11.9 Å². The van der Waals surface area contributed by atoms with Crippen LogP contribution in [-0.4, -0.2) is 27.5 Å². The lowest BCUT2D eigenvalue weighted by Crippen LogP contribution is -2.34. The minimum absolute atomic E-state index is 0.170. The van der Waals surface area contributed by atoms with Gasteiger partial charge in [-0.15, -0.1) is 0 Å². The Morgan fingerprint density at radius 2 is 1.96 bits per heavy atom. The minimum atomic E-state index is -0.451. The quantitative estimate of drug-likeness (QED) is 0.647. The van der Waals surface area contributed by atoms with Crippen molar-refractivity contribution in [2.24, 2.45) is 0 Å². The summed E-state index contributed by atoms with van der Waals surface area (Å²) in [5.74, 6) is 0. The first-order chi connectivity index (χ1) is 12.2. The lowest BCUT2D eigenvalue weighted by atomic mass is 10.1. The van der Waals surface area contributed by atoms with Gasteiger partial charge in [0.05, 0.1) is 19.2 Å². The summed E-state index contributed by atoms with van der Waals surface area (Å²) in [6.07, 6.45) is 3.62. The van der Waals surface area contributed by atoms with Crippen LogP contribution in [0, 0.1) is 0 Å². The predicted molar refractivity (Wildman–Crippen MR) is 96.2 cm³/mol. The SMILES string of the molecule is O=C(Nc1cccc(Cn2cccn2)c1)N[C@H](CO)c1ccccc1. The fourth-order valence-electron chi connectivity index (χ4n) is 2.57. The summed E-state index contributed by atoms with van der Waals surface area (Å²) < 4.78 is 1.82. The molecule has 0 unspecified atom stereocenters. The lowest BCUT2D eigenvalue weighted by molar-refractivity contribution is 0.225. The van der Waals surface area contributed by atoms with Gasteiger partial charge in [0, 0.05) is 18.1 Å². The number of rotatable bonds is 6. The summed E-state index contributed by atoms with van der Waals surface area (Å²) in [4.78, 5) is 12.2. The number of urea groups is 1. The zero-order valence-electron chi connectivity index (χ0n) is 13.7. The van der Waals surface area contributed by atoms with Crippen molar-refractivity contribution in [3.05, 3.63) is 84.2 Å². The molecular weight excluding hydrogens is 316 g/mol. The highest BCUT2D eigenvalue weighted by Crippen LogP contribution is 2.14. The second-order valence-corrected chi connectivity index (χ2v) is 5.65. The van der Waals surface area contributed by atoms with Crippen LogP contribution < -0.4 is 10.6 Å². The van der Waals surface area contributed by atoms with E-state index in [1.807, 2.05) is 71.5 Å². The van der Waals surface area contributed by atoms with Gasteiger partial charge in [0.2, 0.25) is 0 Å². The summed E-state index contributed by atoms with van der Waals surface area (Å²) in [5, 5.41) is 19.3. The highest BCUT2D eigenvalue weighted by Gasteiger charge is 2.13. The van der Waals surface area contributed by atoms with Crippen molar-refractivity contribution in [3.63, 3.8) is 0 Å². The number of amides is 2. The summed E-state index contributed by atoms with van der Waals surface area (Å²) in [7, 11) is 0. The largest absolute Gasteiger partial charge is 0.394 e. The molecule has 6 nitrogen and oxygen atoms in total. The maximum absolute atomic E-state index is 12.2. The normalized spacial score (nSPS) is 11.7. The van der Waals surface area contributed by atoms with Crippen molar-refractivity contribution < 1.29 is 9.90 Å². The van der Waals surface area contributed by atoms with Crippen molar-refractivity contribution in [1.82, 2.24) is 15.1 Å². The zero-order valence-corrected chi connectivity index (χ0v) is 13.7. The molecule has 0 saturated carbocycles. The van der Waals surface area contributed by atoms with Crippen molar-refractivity contribution >= 4 is 11.7 Å². The summed E-state index contributed by atoms with van der Waals surface area (Å²) >= 11 is 0. The number of aliphatic hydroxyl groups excluding tert-OH is 1. The van der Waals surface area contributed by atoms with Crippen LogP contribution in [0.3, 0.4) is 0 Å². The number of carbonyl (C=O) groups is 1. The molecule has 3 N–H and O–H groups in total. The molecule has 0 aliphatic heterocycles. The minimum Gasteiger partial charge on any atom is -0.394 e. The number of carbonyl (C=O) groups excluding carboxylic acids is 1. The highest BCUT2D eigenvalue weighted by atomic mass is 16.3. The summed E-state index contributed by atoms with van der Waals surface area (Å²) in [5.41, 5.74) is 2.57. The molecule has 1 aromatic heterocycles. The second-order valence-electron chi connectivity index (χ2n) is 5.65. The highest BCUT2D eigenvalue weighted by molar-refractivity contribution is 5.89. The number of hydrogen-bond acceptors (Lipinski definition) is 3. The Kier molecular flexibility index (Phi) is 5.43. The molecule has 25 heavy (non-hydrogen) atoms. The van der Waals surface area contributed by atoms with Crippen LogP contribution in [0.5, 0.6) is 0 Å². The lowest BCUT2D eigenvalue weighted by Gasteiger charge is -2.17. The molecule has 0 aliphatic carbocycles. The van der Waals surface area contributed by atoms with Crippen LogP contribution in [0.4, 0.5) is 10.5 Å². The zero-order chi connectivity index (χ0) is 17.5. The molecule has 1 heterocycles. The standard InChI is InChI=1S/C19H20N4O2/c24-14-18(16-7-2-1-3-8-16)22-19(25)21-17-9-4-6-15(12-17)13-23-11-5-10-20-23/h1-12,18,24H,13-14H2,(H2,21,22,25)/t18-/m1/s1. The van der Waals surface area contributed by atoms with Gasteiger partial charge in [0.15, 0.2) is 0 Å². The van der Waals surface area contributed by atoms with E-state index >= 15 is 0 Å². The van der Waals surface area contributed by atoms with E-state index in [4.69, 9.17) is 0 Å². The van der Waals surface area contributed by atoms with E-state index in [-0.39, 0.29) is 12.6 Å². The van der Waals surface area contributed by atoms with Gasteiger partial charge in [-0.1, -0.05) is 42.5 Å². The average Bonchev–Trinajstić information content (AvgIpc) is 3.14. The molecule has 0 saturated heterocycles. The molecule has 0 bridgehead atoms. The Hall–Kier alpha value is -3.12. The van der Waals surface area contributed by atoms with Crippen molar-refractivity contribution in [2.45, 2.75) is 12.6 Å². The first-order valence-corrected chi connectivity index (χ1v) is 8.04. The van der Waals surface area contributed by atoms with Crippen LogP contribution >= 0.6 is 0 Å². The van der Waals surface area contributed by atoms with Gasteiger partial charge < -0.3 is 15.7 Å². The number of nitrogens with zero attached hydrogens (tertiary/aromatic N) is 2. The molecule has 3 rings (SSSR count). The molecular formula is C19H20N4O2. The van der Waals surface area contributed by atoms with Gasteiger partial charge in [0.1, 0.15) is 0 Å². The summed E-state index contributed by atoms with van der Waals surface area (Å²) in [6, 6.07) is 18.0. The topological polar surface area (TPSA) is 79.2 Å². The molecule has 0 radical (unpaired) electrons. The van der Waals surface area contributed by atoms with Crippen LogP contribution in [0.25, 0.3) is 0 Å². The van der Waals surface area contributed by atoms with Crippen molar-refractivity contribution in [3.8, 4) is 0 Å². The Morgan fingerprint density at radius 3 is 2.68 bits per heavy atom. The molecule has 0 aliphatic rings. The third kappa shape index (κ3) is 4.68. The van der Waals surface area contributed by atoms with E-state index in [0.29, 0.717) is 12.2 Å². The average molecular weight is 336 g/mol. The van der Waals surface area contributed by atoms with E-state index in [1.165, 1.54) is 0 Å². The molecule has 6 heteroatoms. The Morgan fingerprint density at radius 1 is 1.12 bits per heavy atom. The number of anilines is 1. The van der Waals surface area contributed by atoms with E-state index in [2.05, 4.69) is 15.7 Å². The Balaban J connectivity index is 1.62. The molecule has 0 fully saturated rings. The van der Waals surface area contributed by atoms with E-state index in [1.54, 1.807) is 6.20 Å². The number of hydrogen-bond donors (Lipinski definition) is 3. The fourth-order valence-corrected chi connectivity index (χ4v) is 2.57. The molecule has 0 spiro atoms. The summed E-state index contributed by atoms with van der Waals surface area (Å²) in [6.45, 7) is 0.462. The first-order valence-electron chi connectivity index (χ1n) is 8.04. The van der Waals surface area contributed by atoms with E-state index in [9.17, 15) is 9.90 Å². The van der Waals surface area contributed by atoms with Crippen LogP contribution in [-0.2, 0) is 6.54 Å². The van der Waals surface area contributed by atoms with Gasteiger partial charge >= 0.3 is 6.03 Å². The van der Waals surface area contributed by atoms with Crippen LogP contribution in [0.15, 0.2) is 73.1 Å². The third-order valence-electron chi connectivity index (χ3n) is 3.78. The number of benzene rings is 2. The van der Waals surface area contributed by atoms with Crippen LogP contribution in [0.1, 0.15) is 17.2 Å². The molecule has 3 aromatic rings. The van der Waals surface area contributed by atoms with Gasteiger partial charge in [-0.3, -0.25) is 4.68 Å². The van der Waals surface area contributed by atoms with E-state index < -0.39 is 6.04 Å². The van der Waals surface area contributed by atoms with Crippen LogP contribution in [0.2, 0.25) is 0 Å². The van der Waals surface area contributed by atoms with Gasteiger partial charge in [-0.25, -0.2) is 4.79 Å². The molecule has 2 aromatic carbocycles. The third-order valence-corrected chi connectivity index (χ3v) is 3.78. The second kappa shape index (κ2) is 8.12. The molecule has 128 valence electrons. The predicted octanol–water partition coefficient (Wildman–Crippen LogP) is 2.79. The van der Waals surface area contributed by atoms with Gasteiger partial charge in [-0.05, 0) is 29.3 Å². The smallest absolute Gasteiger partial charge is 0.319 e. The Bertz CT molecular complexity index is 803. The Labute approximate surface area is 146 Å². The number of aromatic nitrogens is 2. The molecule has 2 amide bonds. The maximum atomic E-state index is 12.2. The molecule has 1 atom stereocenters. The first kappa shape index (κ1) is 16.7. The fraction of sp³-hybridized carbons (Fsp3) is 0.158. The monoisotopic (exact) mass is 336 g/mol. The maximum Gasteiger partial charge on any atom is 0.319 e. The number of aliphatic hydroxyl groups is 1. The van der Waals surface area contributed by atoms with Gasteiger partial charge in [0.25, 0.3) is 0 Å². The van der Waals surface area contributed by atoms with Gasteiger partial charge in [-0.2, -0.15) is 5.10 Å². The number of nitrogens with one attached hydrogen (secondary N) is 2. The van der Waals surface area contributed by atoms with E-state index in [0.717, 1.165) is 11.1 Å².